The number of oxime groups is 1. The smallest absolute Gasteiger partial charge is 0.227 e. The molecule has 0 aliphatic carbocycles. The molecule has 4 aliphatic rings. The van der Waals surface area contributed by atoms with Crippen molar-refractivity contribution in [2.45, 2.75) is 25.1 Å². The summed E-state index contributed by atoms with van der Waals surface area (Å²) in [5.41, 5.74) is 2.83. The lowest BCUT2D eigenvalue weighted by atomic mass is 9.79. The molecule has 4 aliphatic heterocycles. The van der Waals surface area contributed by atoms with E-state index in [1.165, 1.54) is 5.39 Å². The van der Waals surface area contributed by atoms with Crippen LogP contribution in [0, 0.1) is 5.92 Å². The average molecular weight is 433 g/mol. The van der Waals surface area contributed by atoms with Crippen molar-refractivity contribution < 1.29 is 14.3 Å². The maximum absolute atomic E-state index is 6.38. The Hall–Kier alpha value is -3.19. The monoisotopic (exact) mass is 432 g/mol. The van der Waals surface area contributed by atoms with E-state index in [1.54, 1.807) is 14.2 Å². The van der Waals surface area contributed by atoms with Gasteiger partial charge in [0.15, 0.2) is 5.84 Å². The number of amidine groups is 1. The van der Waals surface area contributed by atoms with E-state index >= 15 is 0 Å². The normalized spacial score (nSPS) is 26.4. The van der Waals surface area contributed by atoms with Crippen LogP contribution in [0.25, 0.3) is 10.9 Å². The number of aromatic nitrogens is 1. The predicted octanol–water partition coefficient (Wildman–Crippen LogP) is 3.80. The average Bonchev–Trinajstić information content (AvgIpc) is 3.45. The first-order valence-corrected chi connectivity index (χ1v) is 11.2. The Kier molecular flexibility index (Phi) is 4.54. The molecule has 0 amide bonds. The van der Waals surface area contributed by atoms with E-state index in [9.17, 15) is 0 Å². The Morgan fingerprint density at radius 1 is 1.09 bits per heavy atom. The molecule has 0 saturated carbocycles. The summed E-state index contributed by atoms with van der Waals surface area (Å²) in [5.74, 6) is 2.94. The van der Waals surface area contributed by atoms with Crippen LogP contribution in [-0.2, 0) is 11.4 Å². The number of rotatable bonds is 5. The van der Waals surface area contributed by atoms with Crippen LogP contribution in [0.1, 0.15) is 24.0 Å². The van der Waals surface area contributed by atoms with Crippen LogP contribution in [0.4, 0.5) is 0 Å². The number of nitrogens with one attached hydrogen (secondary N) is 1. The number of methoxy groups -OCH3 is 2. The number of H-pyrrole nitrogens is 1. The van der Waals surface area contributed by atoms with E-state index in [0.29, 0.717) is 12.5 Å². The summed E-state index contributed by atoms with van der Waals surface area (Å²) in [7, 11) is 3.38. The van der Waals surface area contributed by atoms with E-state index in [1.807, 2.05) is 18.3 Å². The standard InChI is InChI=1S/C25H28N4O3/c1-30-21-5-3-19(23(14-21)31-2)15-29-24(18-4-6-22-17(13-18)7-10-26-22)27-32-25(29)16-28-11-8-20(25)9-12-28/h3-7,10,13-14,20,26H,8-9,11-12,15-16H2,1-2H3/t25-/m0/s1. The summed E-state index contributed by atoms with van der Waals surface area (Å²) in [6.45, 7) is 3.80. The van der Waals surface area contributed by atoms with Crippen LogP contribution >= 0.6 is 0 Å². The van der Waals surface area contributed by atoms with Crippen molar-refractivity contribution >= 4 is 16.7 Å². The lowest BCUT2D eigenvalue weighted by molar-refractivity contribution is -0.198. The van der Waals surface area contributed by atoms with Crippen molar-refractivity contribution in [2.24, 2.45) is 11.1 Å². The number of nitrogens with zero attached hydrogens (tertiary/aromatic N) is 3. The van der Waals surface area contributed by atoms with Crippen LogP contribution < -0.4 is 9.47 Å². The first kappa shape index (κ1) is 19.5. The third-order valence-corrected chi connectivity index (χ3v) is 7.31. The maximum atomic E-state index is 6.38. The van der Waals surface area contributed by atoms with E-state index in [-0.39, 0.29) is 0 Å². The van der Waals surface area contributed by atoms with Crippen LogP contribution in [0.2, 0.25) is 0 Å². The Morgan fingerprint density at radius 3 is 2.72 bits per heavy atom. The zero-order valence-electron chi connectivity index (χ0n) is 18.5. The quantitative estimate of drug-likeness (QED) is 0.665. The van der Waals surface area contributed by atoms with E-state index < -0.39 is 5.72 Å². The zero-order valence-corrected chi connectivity index (χ0v) is 18.5. The van der Waals surface area contributed by atoms with E-state index in [4.69, 9.17) is 19.5 Å². The molecule has 1 spiro atoms. The highest BCUT2D eigenvalue weighted by atomic mass is 16.7. The molecule has 0 radical (unpaired) electrons. The molecular formula is C25H28N4O3. The molecule has 3 fully saturated rings. The second kappa shape index (κ2) is 7.45. The van der Waals surface area contributed by atoms with Gasteiger partial charge in [0.05, 0.1) is 27.3 Å². The molecule has 1 N–H and O–H groups in total. The van der Waals surface area contributed by atoms with Crippen molar-refractivity contribution in [3.63, 3.8) is 0 Å². The second-order valence-corrected chi connectivity index (χ2v) is 8.95. The summed E-state index contributed by atoms with van der Waals surface area (Å²) in [6, 6.07) is 14.5. The van der Waals surface area contributed by atoms with Crippen molar-refractivity contribution in [1.82, 2.24) is 14.8 Å². The van der Waals surface area contributed by atoms with Crippen molar-refractivity contribution in [3.05, 3.63) is 59.8 Å². The molecule has 3 aromatic rings. The van der Waals surface area contributed by atoms with Gasteiger partial charge in [0.25, 0.3) is 0 Å². The van der Waals surface area contributed by atoms with Gasteiger partial charge in [0.2, 0.25) is 5.72 Å². The van der Waals surface area contributed by atoms with Crippen molar-refractivity contribution in [3.8, 4) is 11.5 Å². The third-order valence-electron chi connectivity index (χ3n) is 7.31. The van der Waals surface area contributed by atoms with Gasteiger partial charge in [-0.3, -0.25) is 4.90 Å². The molecule has 2 aromatic carbocycles. The number of hydrogen-bond donors (Lipinski definition) is 1. The highest BCUT2D eigenvalue weighted by molar-refractivity contribution is 6.02. The Morgan fingerprint density at radius 2 is 1.97 bits per heavy atom. The minimum absolute atomic E-state index is 0.441. The van der Waals surface area contributed by atoms with Crippen molar-refractivity contribution in [2.75, 3.05) is 33.9 Å². The SMILES string of the molecule is COc1ccc(CN2C(c3ccc4[nH]ccc4c3)=NO[C@]23CN2CCC3CC2)c(OC)c1. The maximum Gasteiger partial charge on any atom is 0.227 e. The van der Waals surface area contributed by atoms with Gasteiger partial charge < -0.3 is 24.2 Å². The molecule has 1 aromatic heterocycles. The third kappa shape index (κ3) is 2.95. The molecular weight excluding hydrogens is 404 g/mol. The van der Waals surface area contributed by atoms with Crippen LogP contribution in [-0.4, -0.2) is 60.2 Å². The fourth-order valence-corrected chi connectivity index (χ4v) is 5.56. The summed E-state index contributed by atoms with van der Waals surface area (Å²) in [5, 5.41) is 5.87. The first-order valence-electron chi connectivity index (χ1n) is 11.2. The molecule has 7 rings (SSSR count). The lowest BCUT2D eigenvalue weighted by Gasteiger charge is -2.53. The summed E-state index contributed by atoms with van der Waals surface area (Å²) in [6.07, 6.45) is 4.24. The number of ether oxygens (including phenoxy) is 2. The number of piperidine rings is 3. The number of fused-ring (bicyclic) bond motifs is 3. The molecule has 3 saturated heterocycles. The van der Waals surface area contributed by atoms with Gasteiger partial charge in [-0.15, -0.1) is 0 Å². The van der Waals surface area contributed by atoms with Gasteiger partial charge in [-0.2, -0.15) is 0 Å². The van der Waals surface area contributed by atoms with Gasteiger partial charge >= 0.3 is 0 Å². The van der Waals surface area contributed by atoms with Crippen LogP contribution in [0.5, 0.6) is 11.5 Å². The second-order valence-electron chi connectivity index (χ2n) is 8.95. The largest absolute Gasteiger partial charge is 0.497 e. The van der Waals surface area contributed by atoms with Crippen LogP contribution in [0.15, 0.2) is 53.8 Å². The van der Waals surface area contributed by atoms with Gasteiger partial charge in [0, 0.05) is 40.2 Å². The Bertz CT molecular complexity index is 1180. The van der Waals surface area contributed by atoms with Gasteiger partial charge in [-0.1, -0.05) is 5.16 Å². The number of aromatic amines is 1. The highest BCUT2D eigenvalue weighted by Gasteiger charge is 2.57. The highest BCUT2D eigenvalue weighted by Crippen LogP contribution is 2.45. The molecule has 2 bridgehead atoms. The summed E-state index contributed by atoms with van der Waals surface area (Å²) in [4.78, 5) is 14.5. The molecule has 1 atom stereocenters. The Labute approximate surface area is 187 Å². The fraction of sp³-hybridized carbons (Fsp3) is 0.400. The van der Waals surface area contributed by atoms with E-state index in [0.717, 1.165) is 66.5 Å². The minimum Gasteiger partial charge on any atom is -0.497 e. The zero-order chi connectivity index (χ0) is 21.7. The lowest BCUT2D eigenvalue weighted by Crippen LogP contribution is -2.66. The molecule has 32 heavy (non-hydrogen) atoms. The molecule has 166 valence electrons. The molecule has 0 unspecified atom stereocenters. The molecule has 7 nitrogen and oxygen atoms in total. The van der Waals surface area contributed by atoms with Crippen LogP contribution in [0.3, 0.4) is 0 Å². The number of hydrogen-bond acceptors (Lipinski definition) is 6. The van der Waals surface area contributed by atoms with E-state index in [2.05, 4.69) is 45.1 Å². The minimum atomic E-state index is -0.441. The van der Waals surface area contributed by atoms with Gasteiger partial charge in [-0.25, -0.2) is 0 Å². The summed E-state index contributed by atoms with van der Waals surface area (Å²) < 4.78 is 11.1. The summed E-state index contributed by atoms with van der Waals surface area (Å²) >= 11 is 0. The topological polar surface area (TPSA) is 62.3 Å². The molecule has 7 heteroatoms. The van der Waals surface area contributed by atoms with Gasteiger partial charge in [0.1, 0.15) is 11.5 Å². The predicted molar refractivity (Wildman–Crippen MR) is 123 cm³/mol. The number of benzene rings is 2. The van der Waals surface area contributed by atoms with Crippen molar-refractivity contribution in [1.29, 1.82) is 0 Å². The fourth-order valence-electron chi connectivity index (χ4n) is 5.56. The first-order chi connectivity index (χ1) is 15.7. The van der Waals surface area contributed by atoms with Gasteiger partial charge in [-0.05, 0) is 62.3 Å². The Balaban J connectivity index is 1.42. The molecule has 5 heterocycles.